The molecule has 1 amide bonds. The molecule has 0 aromatic rings. The third kappa shape index (κ3) is 5.52. The Morgan fingerprint density at radius 3 is 2.88 bits per heavy atom. The molecule has 0 atom stereocenters. The average Bonchev–Trinajstić information content (AvgIpc) is 3.07. The van der Waals surface area contributed by atoms with Crippen LogP contribution in [0.15, 0.2) is 4.99 Å². The number of methoxy groups -OCH3 is 1. The normalized spacial score (nSPS) is 15.8. The van der Waals surface area contributed by atoms with Crippen LogP contribution >= 0.6 is 0 Å². The van der Waals surface area contributed by atoms with Gasteiger partial charge in [0.05, 0.1) is 6.61 Å². The van der Waals surface area contributed by atoms with Gasteiger partial charge in [0, 0.05) is 19.7 Å². The lowest BCUT2D eigenvalue weighted by Crippen LogP contribution is -2.43. The average molecular weight is 229 g/mol. The van der Waals surface area contributed by atoms with Crippen LogP contribution in [0, 0.1) is 0 Å². The van der Waals surface area contributed by atoms with E-state index in [1.807, 2.05) is 0 Å². The molecule has 1 saturated carbocycles. The van der Waals surface area contributed by atoms with Crippen molar-refractivity contribution in [1.29, 1.82) is 0 Å². The molecule has 0 spiro atoms. The van der Waals surface area contributed by atoms with E-state index in [0.29, 0.717) is 25.2 Å². The van der Waals surface area contributed by atoms with Crippen LogP contribution in [-0.2, 0) is 9.53 Å². The molecule has 0 bridgehead atoms. The van der Waals surface area contributed by atoms with Crippen molar-refractivity contribution >= 4 is 11.9 Å². The molecule has 7 nitrogen and oxygen atoms in total. The van der Waals surface area contributed by atoms with E-state index in [9.17, 15) is 4.79 Å². The number of amides is 1. The van der Waals surface area contributed by atoms with Gasteiger partial charge in [0.25, 0.3) is 0 Å². The number of nitrogens with zero attached hydrogens (tertiary/aromatic N) is 1. The first-order valence-electron chi connectivity index (χ1n) is 5.29. The quantitative estimate of drug-likeness (QED) is 0.143. The third-order valence-electron chi connectivity index (χ3n) is 2.06. The number of rotatable bonds is 6. The van der Waals surface area contributed by atoms with Gasteiger partial charge in [0.15, 0.2) is 0 Å². The highest BCUT2D eigenvalue weighted by Crippen LogP contribution is 2.18. The largest absolute Gasteiger partial charge is 0.383 e. The molecule has 0 saturated heterocycles. The zero-order valence-electron chi connectivity index (χ0n) is 9.45. The molecule has 0 unspecified atom stereocenters. The van der Waals surface area contributed by atoms with Gasteiger partial charge in [-0.3, -0.25) is 10.2 Å². The monoisotopic (exact) mass is 229 g/mol. The third-order valence-corrected chi connectivity index (χ3v) is 2.06. The molecule has 16 heavy (non-hydrogen) atoms. The Bertz CT molecular complexity index is 252. The van der Waals surface area contributed by atoms with Crippen molar-refractivity contribution in [3.05, 3.63) is 0 Å². The molecule has 5 N–H and O–H groups in total. The van der Waals surface area contributed by atoms with E-state index in [4.69, 9.17) is 10.6 Å². The predicted octanol–water partition coefficient (Wildman–Crippen LogP) is -1.68. The topological polar surface area (TPSA) is 101 Å². The van der Waals surface area contributed by atoms with Crippen molar-refractivity contribution in [2.75, 3.05) is 26.8 Å². The number of carbonyl (C=O) groups excluding carboxylic acids is 1. The van der Waals surface area contributed by atoms with E-state index in [2.05, 4.69) is 21.1 Å². The van der Waals surface area contributed by atoms with Crippen LogP contribution in [0.2, 0.25) is 0 Å². The second-order valence-corrected chi connectivity index (χ2v) is 3.57. The molecular formula is C9H19N5O2. The van der Waals surface area contributed by atoms with Gasteiger partial charge in [-0.2, -0.15) is 0 Å². The van der Waals surface area contributed by atoms with Crippen LogP contribution in [-0.4, -0.2) is 44.7 Å². The number of nitrogens with two attached hydrogens (primary N) is 1. The minimum Gasteiger partial charge on any atom is -0.383 e. The van der Waals surface area contributed by atoms with Crippen molar-refractivity contribution in [3.8, 4) is 0 Å². The van der Waals surface area contributed by atoms with Crippen molar-refractivity contribution in [3.63, 3.8) is 0 Å². The highest BCUT2D eigenvalue weighted by atomic mass is 16.5. The molecule has 0 aromatic heterocycles. The summed E-state index contributed by atoms with van der Waals surface area (Å²) in [5.74, 6) is 5.55. The second kappa shape index (κ2) is 7.02. The summed E-state index contributed by atoms with van der Waals surface area (Å²) in [5, 5.41) is 5.74. The maximum absolute atomic E-state index is 11.3. The van der Waals surface area contributed by atoms with Crippen molar-refractivity contribution in [2.24, 2.45) is 10.8 Å². The highest BCUT2D eigenvalue weighted by Gasteiger charge is 2.22. The summed E-state index contributed by atoms with van der Waals surface area (Å²) >= 11 is 0. The summed E-state index contributed by atoms with van der Waals surface area (Å²) < 4.78 is 4.86. The molecule has 1 rings (SSSR count). The van der Waals surface area contributed by atoms with Crippen LogP contribution < -0.4 is 21.9 Å². The van der Waals surface area contributed by atoms with Crippen LogP contribution in [0.3, 0.4) is 0 Å². The zero-order valence-corrected chi connectivity index (χ0v) is 9.45. The molecule has 0 heterocycles. The maximum Gasteiger partial charge on any atom is 0.242 e. The van der Waals surface area contributed by atoms with Crippen molar-refractivity contribution < 1.29 is 9.53 Å². The first-order valence-corrected chi connectivity index (χ1v) is 5.29. The lowest BCUT2D eigenvalue weighted by Gasteiger charge is -2.08. The van der Waals surface area contributed by atoms with E-state index in [-0.39, 0.29) is 12.5 Å². The van der Waals surface area contributed by atoms with Crippen molar-refractivity contribution in [1.82, 2.24) is 16.1 Å². The molecule has 0 aliphatic heterocycles. The van der Waals surface area contributed by atoms with Crippen LogP contribution in [0.25, 0.3) is 0 Å². The van der Waals surface area contributed by atoms with Crippen LogP contribution in [0.5, 0.6) is 0 Å². The Hall–Kier alpha value is -1.34. The number of hydrogen-bond donors (Lipinski definition) is 4. The van der Waals surface area contributed by atoms with Crippen molar-refractivity contribution in [2.45, 2.75) is 18.9 Å². The van der Waals surface area contributed by atoms with Gasteiger partial charge in [0.2, 0.25) is 11.9 Å². The van der Waals surface area contributed by atoms with Gasteiger partial charge in [-0.15, -0.1) is 0 Å². The summed E-state index contributed by atoms with van der Waals surface area (Å²) in [4.78, 5) is 15.3. The minimum absolute atomic E-state index is 0.0794. The molecule has 1 aliphatic carbocycles. The fourth-order valence-corrected chi connectivity index (χ4v) is 1.08. The number of aliphatic imine (C=N–C) groups is 1. The van der Waals surface area contributed by atoms with Gasteiger partial charge in [-0.25, -0.2) is 10.8 Å². The molecule has 92 valence electrons. The molecule has 7 heteroatoms. The number of guanidine groups is 1. The van der Waals surface area contributed by atoms with E-state index < -0.39 is 0 Å². The zero-order chi connectivity index (χ0) is 11.8. The first-order chi connectivity index (χ1) is 7.76. The Morgan fingerprint density at radius 2 is 2.31 bits per heavy atom. The lowest BCUT2D eigenvalue weighted by molar-refractivity contribution is -0.119. The number of hydrazine groups is 1. The van der Waals surface area contributed by atoms with E-state index in [1.54, 1.807) is 7.11 Å². The summed E-state index contributed by atoms with van der Waals surface area (Å²) in [7, 11) is 1.61. The summed E-state index contributed by atoms with van der Waals surface area (Å²) in [6.07, 6.45) is 2.15. The summed E-state index contributed by atoms with van der Waals surface area (Å²) in [5.41, 5.74) is 2.39. The van der Waals surface area contributed by atoms with Crippen LogP contribution in [0.1, 0.15) is 12.8 Å². The Labute approximate surface area is 94.8 Å². The molecule has 0 aromatic carbocycles. The summed E-state index contributed by atoms with van der Waals surface area (Å²) in [6.45, 7) is 1.22. The molecule has 1 fully saturated rings. The van der Waals surface area contributed by atoms with E-state index in [1.165, 1.54) is 0 Å². The lowest BCUT2D eigenvalue weighted by atomic mass is 10.5. The van der Waals surface area contributed by atoms with Gasteiger partial charge in [0.1, 0.15) is 6.54 Å². The molecular weight excluding hydrogens is 210 g/mol. The van der Waals surface area contributed by atoms with Gasteiger partial charge in [-0.05, 0) is 12.8 Å². The first kappa shape index (κ1) is 12.7. The van der Waals surface area contributed by atoms with Gasteiger partial charge < -0.3 is 15.4 Å². The number of ether oxygens (including phenoxy) is 1. The van der Waals surface area contributed by atoms with Crippen LogP contribution in [0.4, 0.5) is 0 Å². The van der Waals surface area contributed by atoms with E-state index >= 15 is 0 Å². The maximum atomic E-state index is 11.3. The number of hydrogen-bond acceptors (Lipinski definition) is 4. The fraction of sp³-hybridized carbons (Fsp3) is 0.778. The Morgan fingerprint density at radius 1 is 1.56 bits per heavy atom. The SMILES string of the molecule is COCCNC(=NCC(=O)NC1CC1)NN. The summed E-state index contributed by atoms with van der Waals surface area (Å²) in [6, 6.07) is 0.360. The molecule has 0 radical (unpaired) electrons. The highest BCUT2D eigenvalue weighted by molar-refractivity contribution is 5.84. The molecule has 1 aliphatic rings. The minimum atomic E-state index is -0.0798. The van der Waals surface area contributed by atoms with E-state index in [0.717, 1.165) is 12.8 Å². The predicted molar refractivity (Wildman–Crippen MR) is 60.7 cm³/mol. The van der Waals surface area contributed by atoms with Gasteiger partial charge >= 0.3 is 0 Å². The van der Waals surface area contributed by atoms with Gasteiger partial charge in [-0.1, -0.05) is 0 Å². The fourth-order valence-electron chi connectivity index (χ4n) is 1.08. The Kier molecular flexibility index (Phi) is 5.58. The smallest absolute Gasteiger partial charge is 0.242 e. The second-order valence-electron chi connectivity index (χ2n) is 3.57. The standard InChI is InChI=1S/C9H19N5O2/c1-16-5-4-11-9(14-10)12-6-8(15)13-7-2-3-7/h7H,2-6,10H2,1H3,(H,13,15)(H2,11,12,14). The number of nitrogens with one attached hydrogen (secondary N) is 3. The Balaban J connectivity index is 2.18. The number of carbonyl (C=O) groups is 1.